The molecule has 1 atom stereocenters. The molecule has 0 radical (unpaired) electrons. The van der Waals surface area contributed by atoms with Crippen LogP contribution in [0.4, 0.5) is 5.82 Å². The van der Waals surface area contributed by atoms with Crippen molar-refractivity contribution < 1.29 is 4.79 Å². The lowest BCUT2D eigenvalue weighted by Crippen LogP contribution is -2.41. The first-order chi connectivity index (χ1) is 11.2. The van der Waals surface area contributed by atoms with Crippen LogP contribution in [0.25, 0.3) is 11.2 Å². The largest absolute Gasteiger partial charge is 0.359 e. The van der Waals surface area contributed by atoms with Crippen LogP contribution in [0.3, 0.4) is 0 Å². The number of amides is 1. The number of H-pyrrole nitrogens is 1. The summed E-state index contributed by atoms with van der Waals surface area (Å²) in [4.78, 5) is 29.5. The Balaban J connectivity index is 1.53. The molecule has 0 aromatic carbocycles. The van der Waals surface area contributed by atoms with E-state index in [1.165, 1.54) is 12.7 Å². The monoisotopic (exact) mass is 337 g/mol. The summed E-state index contributed by atoms with van der Waals surface area (Å²) in [5.74, 6) is 0.402. The number of likely N-dealkylation sites (tertiary alicyclic amines) is 1. The topological polar surface area (TPSA) is 98.8 Å². The molecular weight excluding hydrogens is 318 g/mol. The average Bonchev–Trinajstić information content (AvgIpc) is 3.18. The van der Waals surface area contributed by atoms with Crippen molar-refractivity contribution in [2.24, 2.45) is 0 Å². The number of nitrogens with zero attached hydrogens (tertiary/aromatic N) is 4. The fraction of sp³-hybridized carbons (Fsp3) is 0.571. The summed E-state index contributed by atoms with van der Waals surface area (Å²) in [6.07, 6.45) is 3.85. The van der Waals surface area contributed by atoms with Crippen molar-refractivity contribution in [2.75, 3.05) is 31.5 Å². The first kappa shape index (κ1) is 15.9. The Bertz CT molecular complexity index is 689. The van der Waals surface area contributed by atoms with E-state index in [-0.39, 0.29) is 17.7 Å². The van der Waals surface area contributed by atoms with E-state index < -0.39 is 0 Å². The molecule has 3 heterocycles. The normalized spacial score (nSPS) is 18.4. The molecule has 124 valence electrons. The Labute approximate surface area is 139 Å². The Hall–Kier alpha value is -1.93. The maximum atomic E-state index is 12.0. The minimum Gasteiger partial charge on any atom is -0.359 e. The lowest BCUT2D eigenvalue weighted by molar-refractivity contribution is -0.119. The summed E-state index contributed by atoms with van der Waals surface area (Å²) < 4.78 is 0. The van der Waals surface area contributed by atoms with Gasteiger partial charge >= 0.3 is 0 Å². The number of fused-ring (bicyclic) bond motifs is 1. The molecule has 8 nitrogen and oxygen atoms in total. The fourth-order valence-corrected chi connectivity index (χ4v) is 3.10. The summed E-state index contributed by atoms with van der Waals surface area (Å²) in [6.45, 7) is 5.09. The zero-order chi connectivity index (χ0) is 16.2. The van der Waals surface area contributed by atoms with Crippen molar-refractivity contribution in [3.8, 4) is 0 Å². The summed E-state index contributed by atoms with van der Waals surface area (Å²) in [5.41, 5.74) is 1.10. The van der Waals surface area contributed by atoms with Crippen LogP contribution in [0.15, 0.2) is 6.33 Å². The molecule has 0 unspecified atom stereocenters. The van der Waals surface area contributed by atoms with Crippen LogP contribution in [0.1, 0.15) is 19.8 Å². The molecule has 23 heavy (non-hydrogen) atoms. The molecule has 1 saturated heterocycles. The van der Waals surface area contributed by atoms with E-state index >= 15 is 0 Å². The van der Waals surface area contributed by atoms with E-state index in [0.717, 1.165) is 19.5 Å². The molecule has 1 aliphatic rings. The van der Waals surface area contributed by atoms with Gasteiger partial charge in [-0.2, -0.15) is 9.97 Å². The Morgan fingerprint density at radius 2 is 2.39 bits per heavy atom. The summed E-state index contributed by atoms with van der Waals surface area (Å²) in [5, 5.41) is 6.05. The van der Waals surface area contributed by atoms with Crippen LogP contribution >= 0.6 is 11.6 Å². The van der Waals surface area contributed by atoms with Crippen molar-refractivity contribution in [1.29, 1.82) is 0 Å². The molecule has 0 bridgehead atoms. The maximum absolute atomic E-state index is 12.0. The second kappa shape index (κ2) is 7.10. The number of anilines is 1. The highest BCUT2D eigenvalue weighted by molar-refractivity contribution is 6.28. The molecule has 0 spiro atoms. The number of aromatic amines is 1. The fourth-order valence-electron chi connectivity index (χ4n) is 2.94. The summed E-state index contributed by atoms with van der Waals surface area (Å²) in [7, 11) is 0. The number of rotatable bonds is 6. The second-order valence-electron chi connectivity index (χ2n) is 5.52. The number of hydrogen-bond acceptors (Lipinski definition) is 6. The lowest BCUT2D eigenvalue weighted by atomic mass is 10.2. The third kappa shape index (κ3) is 3.70. The molecule has 0 aliphatic carbocycles. The van der Waals surface area contributed by atoms with Gasteiger partial charge in [-0.25, -0.2) is 4.98 Å². The van der Waals surface area contributed by atoms with E-state index in [2.05, 4.69) is 42.4 Å². The van der Waals surface area contributed by atoms with Gasteiger partial charge in [-0.3, -0.25) is 9.69 Å². The van der Waals surface area contributed by atoms with E-state index in [4.69, 9.17) is 11.6 Å². The van der Waals surface area contributed by atoms with Crippen LogP contribution < -0.4 is 10.6 Å². The van der Waals surface area contributed by atoms with Gasteiger partial charge in [0.25, 0.3) is 0 Å². The van der Waals surface area contributed by atoms with Crippen LogP contribution in [0, 0.1) is 0 Å². The highest BCUT2D eigenvalue weighted by Crippen LogP contribution is 2.18. The molecule has 0 saturated carbocycles. The number of hydrogen-bond donors (Lipinski definition) is 3. The molecule has 1 amide bonds. The number of carbonyl (C=O) groups is 1. The van der Waals surface area contributed by atoms with Gasteiger partial charge in [0.05, 0.1) is 12.9 Å². The lowest BCUT2D eigenvalue weighted by Gasteiger charge is -2.22. The number of halogens is 1. The minimum atomic E-state index is -0.0737. The molecular formula is C14H20ClN7O. The van der Waals surface area contributed by atoms with E-state index in [1.807, 2.05) is 0 Å². The van der Waals surface area contributed by atoms with Crippen LogP contribution in [0.5, 0.6) is 0 Å². The van der Waals surface area contributed by atoms with Gasteiger partial charge in [-0.1, -0.05) is 6.92 Å². The summed E-state index contributed by atoms with van der Waals surface area (Å²) in [6, 6.07) is 0.441. The smallest absolute Gasteiger partial charge is 0.239 e. The van der Waals surface area contributed by atoms with Crippen molar-refractivity contribution in [3.05, 3.63) is 11.6 Å². The van der Waals surface area contributed by atoms with Gasteiger partial charge < -0.3 is 15.6 Å². The van der Waals surface area contributed by atoms with Gasteiger partial charge in [0.15, 0.2) is 11.5 Å². The maximum Gasteiger partial charge on any atom is 0.239 e. The number of imidazole rings is 1. The van der Waals surface area contributed by atoms with Crippen molar-refractivity contribution >= 4 is 34.5 Å². The quantitative estimate of drug-likeness (QED) is 0.681. The predicted octanol–water partition coefficient (Wildman–Crippen LogP) is 1.02. The van der Waals surface area contributed by atoms with E-state index in [1.54, 1.807) is 0 Å². The molecule has 1 fully saturated rings. The van der Waals surface area contributed by atoms with Crippen molar-refractivity contribution in [2.45, 2.75) is 25.8 Å². The predicted molar refractivity (Wildman–Crippen MR) is 88.5 cm³/mol. The number of carbonyl (C=O) groups excluding carboxylic acids is 1. The highest BCUT2D eigenvalue weighted by Gasteiger charge is 2.23. The zero-order valence-corrected chi connectivity index (χ0v) is 13.7. The van der Waals surface area contributed by atoms with Gasteiger partial charge in [0, 0.05) is 12.6 Å². The SMILES string of the molecule is CCN1CCC[C@H]1CNC(=O)CNc1nc(Cl)nc2nc[nH]c12. The van der Waals surface area contributed by atoms with E-state index in [9.17, 15) is 4.79 Å². The number of nitrogens with one attached hydrogen (secondary N) is 3. The van der Waals surface area contributed by atoms with Crippen molar-refractivity contribution in [3.63, 3.8) is 0 Å². The molecule has 2 aromatic rings. The average molecular weight is 338 g/mol. The zero-order valence-electron chi connectivity index (χ0n) is 13.0. The Kier molecular flexibility index (Phi) is 4.92. The molecule has 2 aromatic heterocycles. The first-order valence-electron chi connectivity index (χ1n) is 7.78. The molecule has 9 heteroatoms. The molecule has 1 aliphatic heterocycles. The van der Waals surface area contributed by atoms with Crippen LogP contribution in [-0.2, 0) is 4.79 Å². The van der Waals surface area contributed by atoms with Gasteiger partial charge in [-0.15, -0.1) is 0 Å². The number of aromatic nitrogens is 4. The van der Waals surface area contributed by atoms with Crippen LogP contribution in [0.2, 0.25) is 5.28 Å². The molecule has 3 N–H and O–H groups in total. The minimum absolute atomic E-state index is 0.0737. The summed E-state index contributed by atoms with van der Waals surface area (Å²) >= 11 is 5.85. The van der Waals surface area contributed by atoms with Crippen LogP contribution in [-0.4, -0.2) is 63.0 Å². The van der Waals surface area contributed by atoms with E-state index in [0.29, 0.717) is 29.6 Å². The Morgan fingerprint density at radius 3 is 3.22 bits per heavy atom. The third-order valence-electron chi connectivity index (χ3n) is 4.11. The first-order valence-corrected chi connectivity index (χ1v) is 8.16. The van der Waals surface area contributed by atoms with Gasteiger partial charge in [0.1, 0.15) is 5.52 Å². The standard InChI is InChI=1S/C14H20ClN7O/c1-2-22-5-3-4-9(22)6-16-10(23)7-17-12-11-13(19-8-18-11)21-14(15)20-12/h8-9H,2-7H2,1H3,(H,16,23)(H2,17,18,19,20,21)/t9-/m0/s1. The third-order valence-corrected chi connectivity index (χ3v) is 4.28. The number of likely N-dealkylation sites (N-methyl/N-ethyl adjacent to an activating group) is 1. The molecule has 3 rings (SSSR count). The Morgan fingerprint density at radius 1 is 1.52 bits per heavy atom. The van der Waals surface area contributed by atoms with Gasteiger partial charge in [0.2, 0.25) is 11.2 Å². The second-order valence-corrected chi connectivity index (χ2v) is 5.86. The van der Waals surface area contributed by atoms with Gasteiger partial charge in [-0.05, 0) is 37.5 Å². The van der Waals surface area contributed by atoms with Crippen molar-refractivity contribution in [1.82, 2.24) is 30.2 Å². The highest BCUT2D eigenvalue weighted by atomic mass is 35.5.